The minimum atomic E-state index is -0.193. The van der Waals surface area contributed by atoms with Crippen molar-refractivity contribution in [2.75, 3.05) is 29.6 Å². The van der Waals surface area contributed by atoms with Gasteiger partial charge in [0, 0.05) is 35.9 Å². The first-order valence-electron chi connectivity index (χ1n) is 8.06. The van der Waals surface area contributed by atoms with E-state index in [1.807, 2.05) is 57.1 Å². The van der Waals surface area contributed by atoms with Crippen LogP contribution in [-0.2, 0) is 4.79 Å². The number of aryl methyl sites for hydroxylation is 1. The summed E-state index contributed by atoms with van der Waals surface area (Å²) in [6.45, 7) is 3.83. The third-order valence-corrected chi connectivity index (χ3v) is 5.32. The molecule has 0 fully saturated rings. The Morgan fingerprint density at radius 3 is 2.64 bits per heavy atom. The van der Waals surface area contributed by atoms with E-state index in [1.165, 1.54) is 11.8 Å². The fourth-order valence-electron chi connectivity index (χ4n) is 2.61. The maximum atomic E-state index is 12.6. The third-order valence-electron chi connectivity index (χ3n) is 4.15. The molecule has 0 spiro atoms. The van der Waals surface area contributed by atoms with Gasteiger partial charge in [-0.15, -0.1) is 11.8 Å². The molecule has 2 N–H and O–H groups in total. The van der Waals surface area contributed by atoms with Gasteiger partial charge in [-0.3, -0.25) is 9.59 Å². The molecule has 2 aromatic carbocycles. The van der Waals surface area contributed by atoms with Crippen LogP contribution in [0.3, 0.4) is 0 Å². The van der Waals surface area contributed by atoms with Crippen LogP contribution in [0.25, 0.3) is 0 Å². The third kappa shape index (κ3) is 3.64. The van der Waals surface area contributed by atoms with Gasteiger partial charge in [0.2, 0.25) is 5.91 Å². The van der Waals surface area contributed by atoms with E-state index in [2.05, 4.69) is 10.6 Å². The van der Waals surface area contributed by atoms with E-state index in [9.17, 15) is 9.59 Å². The second-order valence-corrected chi connectivity index (χ2v) is 7.69. The number of hydrogen-bond acceptors (Lipinski definition) is 4. The highest BCUT2D eigenvalue weighted by atomic mass is 32.2. The van der Waals surface area contributed by atoms with Crippen molar-refractivity contribution in [2.24, 2.45) is 0 Å². The van der Waals surface area contributed by atoms with E-state index < -0.39 is 0 Å². The minimum absolute atomic E-state index is 0.0369. The molecule has 0 saturated carbocycles. The van der Waals surface area contributed by atoms with Gasteiger partial charge in [0.25, 0.3) is 5.91 Å². The van der Waals surface area contributed by atoms with Crippen molar-refractivity contribution in [1.82, 2.24) is 0 Å². The Morgan fingerprint density at radius 2 is 1.96 bits per heavy atom. The van der Waals surface area contributed by atoms with E-state index in [0.717, 1.165) is 21.8 Å². The van der Waals surface area contributed by atoms with Gasteiger partial charge in [-0.1, -0.05) is 0 Å². The normalized spacial score (nSPS) is 16.0. The number of rotatable bonds is 3. The number of benzene rings is 2. The summed E-state index contributed by atoms with van der Waals surface area (Å²) >= 11 is 1.50. The van der Waals surface area contributed by atoms with Gasteiger partial charge in [-0.25, -0.2) is 0 Å². The molecule has 1 aliphatic rings. The van der Waals surface area contributed by atoms with E-state index in [4.69, 9.17) is 0 Å². The number of hydrogen-bond donors (Lipinski definition) is 2. The minimum Gasteiger partial charge on any atom is -0.378 e. The molecule has 0 bridgehead atoms. The summed E-state index contributed by atoms with van der Waals surface area (Å²) in [5, 5.41) is 5.68. The van der Waals surface area contributed by atoms with Gasteiger partial charge < -0.3 is 15.5 Å². The van der Waals surface area contributed by atoms with Crippen LogP contribution in [0.5, 0.6) is 0 Å². The number of carbonyl (C=O) groups is 2. The first kappa shape index (κ1) is 17.4. The van der Waals surface area contributed by atoms with Gasteiger partial charge in [0.05, 0.1) is 10.9 Å². The van der Waals surface area contributed by atoms with E-state index in [-0.39, 0.29) is 17.1 Å². The van der Waals surface area contributed by atoms with Crippen molar-refractivity contribution in [2.45, 2.75) is 24.0 Å². The fraction of sp³-hybridized carbons (Fsp3) is 0.263. The Balaban J connectivity index is 1.80. The molecule has 5 nitrogen and oxygen atoms in total. The average Bonchev–Trinajstić information content (AvgIpc) is 2.57. The largest absolute Gasteiger partial charge is 0.378 e. The van der Waals surface area contributed by atoms with Crippen molar-refractivity contribution in [3.8, 4) is 0 Å². The molecule has 1 atom stereocenters. The van der Waals surface area contributed by atoms with Gasteiger partial charge in [0.15, 0.2) is 0 Å². The maximum Gasteiger partial charge on any atom is 0.255 e. The van der Waals surface area contributed by atoms with Crippen molar-refractivity contribution < 1.29 is 9.59 Å². The zero-order valence-corrected chi connectivity index (χ0v) is 15.5. The molecule has 3 rings (SSSR count). The van der Waals surface area contributed by atoms with Crippen molar-refractivity contribution in [3.63, 3.8) is 0 Å². The number of carbonyl (C=O) groups excluding carboxylic acids is 2. The second kappa shape index (κ2) is 6.80. The van der Waals surface area contributed by atoms with Crippen LogP contribution in [-0.4, -0.2) is 31.2 Å². The first-order valence-corrected chi connectivity index (χ1v) is 8.94. The van der Waals surface area contributed by atoms with Gasteiger partial charge in [-0.05, 0) is 55.8 Å². The van der Waals surface area contributed by atoms with Gasteiger partial charge >= 0.3 is 0 Å². The zero-order valence-electron chi connectivity index (χ0n) is 14.7. The highest BCUT2D eigenvalue weighted by Gasteiger charge is 2.23. The Labute approximate surface area is 151 Å². The molecule has 1 heterocycles. The van der Waals surface area contributed by atoms with Gasteiger partial charge in [0.1, 0.15) is 0 Å². The molecule has 25 heavy (non-hydrogen) atoms. The number of fused-ring (bicyclic) bond motifs is 1. The smallest absolute Gasteiger partial charge is 0.255 e. The number of anilines is 3. The van der Waals surface area contributed by atoms with Gasteiger partial charge in [-0.2, -0.15) is 0 Å². The molecule has 0 radical (unpaired) electrons. The lowest BCUT2D eigenvalue weighted by Gasteiger charge is -2.21. The molecule has 6 heteroatoms. The quantitative estimate of drug-likeness (QED) is 0.880. The summed E-state index contributed by atoms with van der Waals surface area (Å²) < 4.78 is 0. The Hall–Kier alpha value is -2.47. The predicted molar refractivity (Wildman–Crippen MR) is 104 cm³/mol. The lowest BCUT2D eigenvalue weighted by molar-refractivity contribution is -0.115. The molecule has 0 saturated heterocycles. The zero-order chi connectivity index (χ0) is 18.1. The molecule has 130 valence electrons. The maximum absolute atomic E-state index is 12.6. The van der Waals surface area contributed by atoms with Crippen LogP contribution < -0.4 is 15.5 Å². The lowest BCUT2D eigenvalue weighted by atomic mass is 10.1. The second-order valence-electron chi connectivity index (χ2n) is 6.31. The summed E-state index contributed by atoms with van der Waals surface area (Å²) in [6.07, 6.45) is 0. The van der Waals surface area contributed by atoms with Crippen molar-refractivity contribution >= 4 is 40.6 Å². The Kier molecular flexibility index (Phi) is 4.72. The van der Waals surface area contributed by atoms with E-state index in [0.29, 0.717) is 11.3 Å². The van der Waals surface area contributed by atoms with E-state index >= 15 is 0 Å². The molecular weight excluding hydrogens is 334 g/mol. The standard InChI is InChI=1S/C19H21N3O2S/c1-11-9-14(22(3)4)6-7-15(11)20-19(24)13-5-8-17-16(10-13)21-18(23)12(2)25-17/h5-10,12H,1-4H3,(H,20,24)(H,21,23). The van der Waals surface area contributed by atoms with Crippen LogP contribution in [0.15, 0.2) is 41.3 Å². The lowest BCUT2D eigenvalue weighted by Crippen LogP contribution is -2.26. The van der Waals surface area contributed by atoms with Crippen LogP contribution in [0.2, 0.25) is 0 Å². The first-order chi connectivity index (χ1) is 11.8. The topological polar surface area (TPSA) is 61.4 Å². The van der Waals surface area contributed by atoms with Crippen LogP contribution in [0, 0.1) is 6.92 Å². The highest BCUT2D eigenvalue weighted by Crippen LogP contribution is 2.36. The fourth-order valence-corrected chi connectivity index (χ4v) is 3.54. The molecule has 0 aromatic heterocycles. The molecule has 1 unspecified atom stereocenters. The molecule has 1 aliphatic heterocycles. The average molecular weight is 355 g/mol. The predicted octanol–water partition coefficient (Wildman–Crippen LogP) is 3.75. The van der Waals surface area contributed by atoms with Crippen LogP contribution in [0.4, 0.5) is 17.1 Å². The number of nitrogens with zero attached hydrogens (tertiary/aromatic N) is 1. The summed E-state index contributed by atoms with van der Waals surface area (Å²) in [4.78, 5) is 27.4. The summed E-state index contributed by atoms with van der Waals surface area (Å²) in [5.41, 5.74) is 4.07. The molecular formula is C19H21N3O2S. The summed E-state index contributed by atoms with van der Waals surface area (Å²) in [7, 11) is 3.96. The summed E-state index contributed by atoms with van der Waals surface area (Å²) in [5.74, 6) is -0.230. The SMILES string of the molecule is Cc1cc(N(C)C)ccc1NC(=O)c1ccc2c(c1)NC(=O)C(C)S2. The van der Waals surface area contributed by atoms with Crippen LogP contribution in [0.1, 0.15) is 22.8 Å². The molecule has 2 amide bonds. The number of thioether (sulfide) groups is 1. The monoisotopic (exact) mass is 355 g/mol. The van der Waals surface area contributed by atoms with Crippen molar-refractivity contribution in [1.29, 1.82) is 0 Å². The summed E-state index contributed by atoms with van der Waals surface area (Å²) in [6, 6.07) is 11.3. The van der Waals surface area contributed by atoms with Crippen LogP contribution >= 0.6 is 11.8 Å². The highest BCUT2D eigenvalue weighted by molar-refractivity contribution is 8.00. The Morgan fingerprint density at radius 1 is 1.20 bits per heavy atom. The number of nitrogens with one attached hydrogen (secondary N) is 2. The van der Waals surface area contributed by atoms with Crippen molar-refractivity contribution in [3.05, 3.63) is 47.5 Å². The van der Waals surface area contributed by atoms with E-state index in [1.54, 1.807) is 12.1 Å². The molecule has 2 aromatic rings. The molecule has 0 aliphatic carbocycles. The Bertz CT molecular complexity index is 849. The number of amides is 2.